The number of nitrogens with zero attached hydrogens (tertiary/aromatic N) is 1. The number of aromatic nitrogens is 1. The molecule has 0 radical (unpaired) electrons. The Hall–Kier alpha value is -1.82. The summed E-state index contributed by atoms with van der Waals surface area (Å²) in [6.07, 6.45) is -0.448. The predicted octanol–water partition coefficient (Wildman–Crippen LogP) is 2.49. The first-order valence-corrected chi connectivity index (χ1v) is 7.36. The maximum Gasteiger partial charge on any atom is 0.408 e. The van der Waals surface area contributed by atoms with Crippen molar-refractivity contribution >= 4 is 6.09 Å². The molecule has 0 saturated carbocycles. The zero-order chi connectivity index (χ0) is 17.0. The first-order chi connectivity index (χ1) is 9.98. The molecule has 6 heteroatoms. The number of hydrogen-bond acceptors (Lipinski definition) is 5. The highest BCUT2D eigenvalue weighted by atomic mass is 16.6. The predicted molar refractivity (Wildman–Crippen MR) is 85.8 cm³/mol. The maximum absolute atomic E-state index is 11.8. The van der Waals surface area contributed by atoms with Gasteiger partial charge in [-0.1, -0.05) is 0 Å². The third-order valence-electron chi connectivity index (χ3n) is 2.79. The summed E-state index contributed by atoms with van der Waals surface area (Å²) >= 11 is 0. The minimum absolute atomic E-state index is 0.163. The molecule has 1 heterocycles. The Bertz CT molecular complexity index is 522. The van der Waals surface area contributed by atoms with E-state index in [1.165, 1.54) is 0 Å². The SMILES string of the molecule is Cc1ccc(O)c(CNCC(C)(C)NC(=O)OC(C)(C)C)n1. The van der Waals surface area contributed by atoms with E-state index in [-0.39, 0.29) is 5.75 Å². The smallest absolute Gasteiger partial charge is 0.408 e. The number of alkyl carbamates (subject to hydrolysis) is 1. The average molecular weight is 309 g/mol. The monoisotopic (exact) mass is 309 g/mol. The number of rotatable bonds is 5. The van der Waals surface area contributed by atoms with Crippen LogP contribution in [0.1, 0.15) is 46.0 Å². The van der Waals surface area contributed by atoms with Crippen molar-refractivity contribution in [2.75, 3.05) is 6.54 Å². The van der Waals surface area contributed by atoms with Crippen LogP contribution in [0, 0.1) is 6.92 Å². The van der Waals surface area contributed by atoms with Gasteiger partial charge in [-0.2, -0.15) is 0 Å². The summed E-state index contributed by atoms with van der Waals surface area (Å²) < 4.78 is 5.24. The van der Waals surface area contributed by atoms with Crippen LogP contribution in [-0.2, 0) is 11.3 Å². The molecule has 0 aliphatic carbocycles. The van der Waals surface area contributed by atoms with Crippen molar-refractivity contribution in [3.8, 4) is 5.75 Å². The lowest BCUT2D eigenvalue weighted by Crippen LogP contribution is -2.51. The maximum atomic E-state index is 11.8. The first-order valence-electron chi connectivity index (χ1n) is 7.36. The highest BCUT2D eigenvalue weighted by Crippen LogP contribution is 2.14. The fourth-order valence-electron chi connectivity index (χ4n) is 1.85. The molecule has 1 amide bonds. The van der Waals surface area contributed by atoms with Crippen molar-refractivity contribution in [2.24, 2.45) is 0 Å². The van der Waals surface area contributed by atoms with Crippen LogP contribution >= 0.6 is 0 Å². The van der Waals surface area contributed by atoms with Crippen LogP contribution in [-0.4, -0.2) is 33.9 Å². The van der Waals surface area contributed by atoms with Gasteiger partial charge >= 0.3 is 6.09 Å². The number of hydrogen-bond donors (Lipinski definition) is 3. The summed E-state index contributed by atoms with van der Waals surface area (Å²) in [6, 6.07) is 3.39. The van der Waals surface area contributed by atoms with E-state index in [0.717, 1.165) is 5.69 Å². The van der Waals surface area contributed by atoms with E-state index in [4.69, 9.17) is 4.74 Å². The van der Waals surface area contributed by atoms with Gasteiger partial charge in [0, 0.05) is 18.8 Å². The number of carbonyl (C=O) groups is 1. The normalized spacial score (nSPS) is 12.1. The van der Waals surface area contributed by atoms with Crippen molar-refractivity contribution in [3.63, 3.8) is 0 Å². The minimum atomic E-state index is -0.523. The Morgan fingerprint density at radius 3 is 2.50 bits per heavy atom. The van der Waals surface area contributed by atoms with Crippen LogP contribution in [0.3, 0.4) is 0 Å². The molecule has 0 saturated heterocycles. The molecule has 1 aromatic rings. The average Bonchev–Trinajstić information content (AvgIpc) is 2.30. The third-order valence-corrected chi connectivity index (χ3v) is 2.79. The zero-order valence-corrected chi connectivity index (χ0v) is 14.3. The van der Waals surface area contributed by atoms with E-state index >= 15 is 0 Å². The highest BCUT2D eigenvalue weighted by molar-refractivity contribution is 5.68. The second kappa shape index (κ2) is 6.96. The summed E-state index contributed by atoms with van der Waals surface area (Å²) in [5.74, 6) is 0.163. The lowest BCUT2D eigenvalue weighted by atomic mass is 10.1. The van der Waals surface area contributed by atoms with Crippen molar-refractivity contribution in [1.29, 1.82) is 0 Å². The van der Waals surface area contributed by atoms with Crippen LogP contribution in [0.2, 0.25) is 0 Å². The molecule has 0 fully saturated rings. The molecule has 3 N–H and O–H groups in total. The van der Waals surface area contributed by atoms with Crippen LogP contribution in [0.25, 0.3) is 0 Å². The topological polar surface area (TPSA) is 83.5 Å². The zero-order valence-electron chi connectivity index (χ0n) is 14.3. The van der Waals surface area contributed by atoms with E-state index < -0.39 is 17.2 Å². The van der Waals surface area contributed by atoms with E-state index in [1.54, 1.807) is 12.1 Å². The molecular formula is C16H27N3O3. The van der Waals surface area contributed by atoms with Gasteiger partial charge in [0.1, 0.15) is 11.4 Å². The van der Waals surface area contributed by atoms with Gasteiger partial charge in [-0.25, -0.2) is 4.79 Å². The van der Waals surface area contributed by atoms with Crippen LogP contribution in [0.5, 0.6) is 5.75 Å². The van der Waals surface area contributed by atoms with Gasteiger partial charge in [0.15, 0.2) is 0 Å². The summed E-state index contributed by atoms with van der Waals surface area (Å²) in [4.78, 5) is 16.1. The van der Waals surface area contributed by atoms with E-state index in [1.807, 2.05) is 41.5 Å². The van der Waals surface area contributed by atoms with Gasteiger partial charge in [-0.3, -0.25) is 4.98 Å². The molecular weight excluding hydrogens is 282 g/mol. The van der Waals surface area contributed by atoms with E-state index in [0.29, 0.717) is 18.8 Å². The number of aryl methyl sites for hydroxylation is 1. The van der Waals surface area contributed by atoms with Crippen molar-refractivity contribution in [2.45, 2.75) is 59.2 Å². The summed E-state index contributed by atoms with van der Waals surface area (Å²) in [6.45, 7) is 12.1. The fourth-order valence-corrected chi connectivity index (χ4v) is 1.85. The van der Waals surface area contributed by atoms with Crippen molar-refractivity contribution in [1.82, 2.24) is 15.6 Å². The molecule has 0 spiro atoms. The van der Waals surface area contributed by atoms with Gasteiger partial charge in [-0.05, 0) is 53.7 Å². The summed E-state index contributed by atoms with van der Waals surface area (Å²) in [7, 11) is 0. The molecule has 0 aliphatic rings. The van der Waals surface area contributed by atoms with Crippen LogP contribution < -0.4 is 10.6 Å². The second-order valence-electron chi connectivity index (χ2n) is 7.03. The molecule has 0 atom stereocenters. The van der Waals surface area contributed by atoms with Gasteiger partial charge in [0.25, 0.3) is 0 Å². The standard InChI is InChI=1S/C16H27N3O3/c1-11-7-8-13(20)12(18-11)9-17-10-16(5,6)19-14(21)22-15(2,3)4/h7-8,17,20H,9-10H2,1-6H3,(H,19,21). The van der Waals surface area contributed by atoms with Crippen LogP contribution in [0.4, 0.5) is 4.79 Å². The fraction of sp³-hybridized carbons (Fsp3) is 0.625. The van der Waals surface area contributed by atoms with Gasteiger partial charge in [-0.15, -0.1) is 0 Å². The number of ether oxygens (including phenoxy) is 1. The Morgan fingerprint density at radius 2 is 1.91 bits per heavy atom. The van der Waals surface area contributed by atoms with Gasteiger partial charge in [0.05, 0.1) is 11.2 Å². The first kappa shape index (κ1) is 18.2. The molecule has 22 heavy (non-hydrogen) atoms. The Morgan fingerprint density at radius 1 is 1.27 bits per heavy atom. The Labute approximate surface area is 132 Å². The van der Waals surface area contributed by atoms with Crippen molar-refractivity contribution in [3.05, 3.63) is 23.5 Å². The number of carbonyl (C=O) groups excluding carboxylic acids is 1. The van der Waals surface area contributed by atoms with Gasteiger partial charge in [0.2, 0.25) is 0 Å². The van der Waals surface area contributed by atoms with E-state index in [2.05, 4.69) is 15.6 Å². The molecule has 1 aromatic heterocycles. The van der Waals surface area contributed by atoms with Crippen LogP contribution in [0.15, 0.2) is 12.1 Å². The molecule has 0 aromatic carbocycles. The molecule has 0 aliphatic heterocycles. The van der Waals surface area contributed by atoms with E-state index in [9.17, 15) is 9.90 Å². The van der Waals surface area contributed by atoms with Crippen molar-refractivity contribution < 1.29 is 14.6 Å². The summed E-state index contributed by atoms with van der Waals surface area (Å²) in [5.41, 5.74) is 0.431. The molecule has 124 valence electrons. The van der Waals surface area contributed by atoms with Gasteiger partial charge < -0.3 is 20.5 Å². The molecule has 6 nitrogen and oxygen atoms in total. The second-order valence-corrected chi connectivity index (χ2v) is 7.03. The molecule has 0 unspecified atom stereocenters. The molecule has 1 rings (SSSR count). The number of nitrogens with one attached hydrogen (secondary N) is 2. The number of aromatic hydroxyl groups is 1. The minimum Gasteiger partial charge on any atom is -0.506 e. The lowest BCUT2D eigenvalue weighted by Gasteiger charge is -2.29. The summed E-state index contributed by atoms with van der Waals surface area (Å²) in [5, 5.41) is 15.7. The third kappa shape index (κ3) is 6.76. The lowest BCUT2D eigenvalue weighted by molar-refractivity contribution is 0.0472. The Balaban J connectivity index is 2.48. The highest BCUT2D eigenvalue weighted by Gasteiger charge is 2.24. The molecule has 0 bridgehead atoms. The number of pyridine rings is 1. The largest absolute Gasteiger partial charge is 0.506 e. The quantitative estimate of drug-likeness (QED) is 0.778. The number of amides is 1. The Kier molecular flexibility index (Phi) is 5.77.